The quantitative estimate of drug-likeness (QED) is 0.592. The molecule has 3 aromatic rings. The van der Waals surface area contributed by atoms with Crippen LogP contribution in [0, 0.1) is 0 Å². The first-order valence-electron chi connectivity index (χ1n) is 8.05. The molecule has 0 unspecified atom stereocenters. The lowest BCUT2D eigenvalue weighted by molar-refractivity contribution is 0.247. The van der Waals surface area contributed by atoms with E-state index in [2.05, 4.69) is 87.6 Å². The van der Waals surface area contributed by atoms with Gasteiger partial charge >= 0.3 is 0 Å². The average molecular weight is 381 g/mol. The van der Waals surface area contributed by atoms with Gasteiger partial charge in [0.1, 0.15) is 0 Å². The molecule has 0 radical (unpaired) electrons. The van der Waals surface area contributed by atoms with Crippen LogP contribution < -0.4 is 5.73 Å². The van der Waals surface area contributed by atoms with Crippen LogP contribution in [0.4, 0.5) is 5.69 Å². The molecule has 0 fully saturated rings. The maximum atomic E-state index is 6.04. The number of hydrogen-bond acceptors (Lipinski definition) is 2. The fraction of sp³-hybridized carbons (Fsp3) is 0.143. The van der Waals surface area contributed by atoms with Crippen molar-refractivity contribution in [2.45, 2.75) is 19.6 Å². The summed E-state index contributed by atoms with van der Waals surface area (Å²) in [4.78, 5) is 2.43. The molecule has 0 bridgehead atoms. The number of anilines is 1. The maximum absolute atomic E-state index is 6.04. The Bertz CT molecular complexity index is 731. The van der Waals surface area contributed by atoms with Crippen molar-refractivity contribution in [2.75, 3.05) is 5.73 Å². The number of hydrogen-bond donors (Lipinski definition) is 1. The molecule has 0 aromatic heterocycles. The summed E-state index contributed by atoms with van der Waals surface area (Å²) in [5.74, 6) is 0. The lowest BCUT2D eigenvalue weighted by atomic mass is 10.1. The fourth-order valence-corrected chi connectivity index (χ4v) is 3.20. The maximum Gasteiger partial charge on any atom is 0.0461 e. The summed E-state index contributed by atoms with van der Waals surface area (Å²) in [5, 5.41) is 0. The Morgan fingerprint density at radius 2 is 1.21 bits per heavy atom. The first kappa shape index (κ1) is 16.7. The van der Waals surface area contributed by atoms with Crippen molar-refractivity contribution in [3.8, 4) is 0 Å². The number of nitrogens with zero attached hydrogens (tertiary/aromatic N) is 1. The zero-order valence-electron chi connectivity index (χ0n) is 13.5. The highest BCUT2D eigenvalue weighted by molar-refractivity contribution is 9.10. The van der Waals surface area contributed by atoms with E-state index in [-0.39, 0.29) is 0 Å². The molecular formula is C21H21BrN2. The predicted octanol–water partition coefficient (Wildman–Crippen LogP) is 5.23. The van der Waals surface area contributed by atoms with E-state index in [1.165, 1.54) is 16.7 Å². The molecule has 0 heterocycles. The number of nitrogen functional groups attached to an aromatic ring is 1. The molecule has 0 aliphatic rings. The molecular weight excluding hydrogens is 360 g/mol. The van der Waals surface area contributed by atoms with Crippen molar-refractivity contribution in [1.82, 2.24) is 4.90 Å². The van der Waals surface area contributed by atoms with E-state index in [4.69, 9.17) is 5.73 Å². The second kappa shape index (κ2) is 8.13. The summed E-state index contributed by atoms with van der Waals surface area (Å²) >= 11 is 3.63. The number of nitrogens with two attached hydrogens (primary N) is 1. The summed E-state index contributed by atoms with van der Waals surface area (Å²) in [6, 6.07) is 27.2. The number of halogens is 1. The number of benzene rings is 3. The van der Waals surface area contributed by atoms with Crippen LogP contribution in [-0.4, -0.2) is 4.90 Å². The molecule has 0 amide bonds. The minimum Gasteiger partial charge on any atom is -0.398 e. The van der Waals surface area contributed by atoms with Crippen molar-refractivity contribution in [3.05, 3.63) is 100 Å². The summed E-state index contributed by atoms with van der Waals surface area (Å²) in [6.45, 7) is 2.64. The molecule has 0 saturated heterocycles. The first-order chi connectivity index (χ1) is 11.7. The normalized spacial score (nSPS) is 10.9. The minimum absolute atomic E-state index is 0.784. The molecule has 0 atom stereocenters. The van der Waals surface area contributed by atoms with Crippen LogP contribution in [0.2, 0.25) is 0 Å². The fourth-order valence-electron chi connectivity index (χ4n) is 2.81. The minimum atomic E-state index is 0.784. The van der Waals surface area contributed by atoms with Gasteiger partial charge < -0.3 is 5.73 Å². The monoisotopic (exact) mass is 380 g/mol. The Morgan fingerprint density at radius 3 is 1.75 bits per heavy atom. The highest BCUT2D eigenvalue weighted by atomic mass is 79.9. The molecule has 0 aliphatic carbocycles. The van der Waals surface area contributed by atoms with Gasteiger partial charge in [0, 0.05) is 29.8 Å². The van der Waals surface area contributed by atoms with E-state index in [0.29, 0.717) is 0 Å². The van der Waals surface area contributed by atoms with Crippen LogP contribution in [0.3, 0.4) is 0 Å². The molecule has 122 valence electrons. The van der Waals surface area contributed by atoms with Crippen LogP contribution >= 0.6 is 15.9 Å². The van der Waals surface area contributed by atoms with Gasteiger partial charge in [0.05, 0.1) is 0 Å². The Kier molecular flexibility index (Phi) is 5.68. The lowest BCUT2D eigenvalue weighted by Gasteiger charge is -2.23. The number of rotatable bonds is 6. The van der Waals surface area contributed by atoms with E-state index in [9.17, 15) is 0 Å². The summed E-state index contributed by atoms with van der Waals surface area (Å²) in [7, 11) is 0. The van der Waals surface area contributed by atoms with E-state index < -0.39 is 0 Å². The Labute approximate surface area is 152 Å². The molecule has 2 N–H and O–H groups in total. The SMILES string of the molecule is Nc1cccc(CN(Cc2ccccc2)Cc2ccccc2)c1Br. The largest absolute Gasteiger partial charge is 0.398 e. The van der Waals surface area contributed by atoms with Gasteiger partial charge in [0.25, 0.3) is 0 Å². The summed E-state index contributed by atoms with van der Waals surface area (Å²) < 4.78 is 0.996. The Hall–Kier alpha value is -2.10. The highest BCUT2D eigenvalue weighted by Crippen LogP contribution is 2.26. The van der Waals surface area contributed by atoms with Gasteiger partial charge in [-0.1, -0.05) is 72.8 Å². The lowest BCUT2D eigenvalue weighted by Crippen LogP contribution is -2.22. The molecule has 24 heavy (non-hydrogen) atoms. The second-order valence-corrected chi connectivity index (χ2v) is 6.73. The zero-order chi connectivity index (χ0) is 16.8. The van der Waals surface area contributed by atoms with Crippen LogP contribution in [-0.2, 0) is 19.6 Å². The van der Waals surface area contributed by atoms with Crippen LogP contribution in [0.15, 0.2) is 83.3 Å². The highest BCUT2D eigenvalue weighted by Gasteiger charge is 2.11. The predicted molar refractivity (Wildman–Crippen MR) is 104 cm³/mol. The topological polar surface area (TPSA) is 29.3 Å². The van der Waals surface area contributed by atoms with Crippen LogP contribution in [0.1, 0.15) is 16.7 Å². The summed E-state index contributed by atoms with van der Waals surface area (Å²) in [6.07, 6.45) is 0. The Morgan fingerprint density at radius 1 is 0.667 bits per heavy atom. The molecule has 3 aromatic carbocycles. The standard InChI is InChI=1S/C21H21BrN2/c22-21-19(12-7-13-20(21)23)16-24(14-17-8-3-1-4-9-17)15-18-10-5-2-6-11-18/h1-13H,14-16,23H2. The van der Waals surface area contributed by atoms with E-state index in [1.807, 2.05) is 12.1 Å². The van der Waals surface area contributed by atoms with Crippen molar-refractivity contribution in [2.24, 2.45) is 0 Å². The van der Waals surface area contributed by atoms with Crippen LogP contribution in [0.5, 0.6) is 0 Å². The van der Waals surface area contributed by atoms with E-state index in [1.54, 1.807) is 0 Å². The van der Waals surface area contributed by atoms with E-state index in [0.717, 1.165) is 29.8 Å². The van der Waals surface area contributed by atoms with Crippen LogP contribution in [0.25, 0.3) is 0 Å². The molecule has 0 spiro atoms. The van der Waals surface area contributed by atoms with Gasteiger partial charge in [-0.2, -0.15) is 0 Å². The van der Waals surface area contributed by atoms with Crippen molar-refractivity contribution < 1.29 is 0 Å². The van der Waals surface area contributed by atoms with Gasteiger partial charge in [0.15, 0.2) is 0 Å². The van der Waals surface area contributed by atoms with Gasteiger partial charge in [-0.3, -0.25) is 4.90 Å². The van der Waals surface area contributed by atoms with Crippen molar-refractivity contribution in [1.29, 1.82) is 0 Å². The molecule has 0 aliphatic heterocycles. The van der Waals surface area contributed by atoms with E-state index >= 15 is 0 Å². The van der Waals surface area contributed by atoms with Gasteiger partial charge in [-0.15, -0.1) is 0 Å². The van der Waals surface area contributed by atoms with Gasteiger partial charge in [-0.05, 0) is 38.7 Å². The first-order valence-corrected chi connectivity index (χ1v) is 8.85. The molecule has 3 rings (SSSR count). The van der Waals surface area contributed by atoms with Gasteiger partial charge in [0.2, 0.25) is 0 Å². The molecule has 2 nitrogen and oxygen atoms in total. The van der Waals surface area contributed by atoms with Gasteiger partial charge in [-0.25, -0.2) is 0 Å². The smallest absolute Gasteiger partial charge is 0.0461 e. The third-order valence-electron chi connectivity index (χ3n) is 4.00. The zero-order valence-corrected chi connectivity index (χ0v) is 15.1. The third-order valence-corrected chi connectivity index (χ3v) is 4.97. The van der Waals surface area contributed by atoms with Crippen molar-refractivity contribution >= 4 is 21.6 Å². The molecule has 0 saturated carbocycles. The third kappa shape index (κ3) is 4.47. The Balaban J connectivity index is 1.82. The molecule has 3 heteroatoms. The van der Waals surface area contributed by atoms with Crippen molar-refractivity contribution in [3.63, 3.8) is 0 Å². The second-order valence-electron chi connectivity index (χ2n) is 5.94. The summed E-state index contributed by atoms with van der Waals surface area (Å²) in [5.41, 5.74) is 10.7. The average Bonchev–Trinajstić information content (AvgIpc) is 2.61.